The summed E-state index contributed by atoms with van der Waals surface area (Å²) in [5, 5.41) is 2.98. The lowest BCUT2D eigenvalue weighted by Crippen LogP contribution is -2.12. The van der Waals surface area contributed by atoms with Crippen molar-refractivity contribution in [2.75, 3.05) is 24.2 Å². The van der Waals surface area contributed by atoms with E-state index in [2.05, 4.69) is 20.7 Å². The number of hydrogen-bond acceptors (Lipinski definition) is 5. The van der Waals surface area contributed by atoms with E-state index in [1.165, 1.54) is 0 Å². The molecule has 0 aliphatic heterocycles. The third kappa shape index (κ3) is 5.53. The number of nitrogen functional groups attached to an aromatic ring is 1. The first-order chi connectivity index (χ1) is 6.97. The average Bonchev–Trinajstić information content (AvgIpc) is 2.14. The van der Waals surface area contributed by atoms with E-state index in [1.54, 1.807) is 24.3 Å². The van der Waals surface area contributed by atoms with Gasteiger partial charge < -0.3 is 11.1 Å². The van der Waals surface area contributed by atoms with Crippen LogP contribution in [-0.2, 0) is 24.4 Å². The van der Waals surface area contributed by atoms with E-state index in [0.717, 1.165) is 5.69 Å². The van der Waals surface area contributed by atoms with Gasteiger partial charge in [-0.2, -0.15) is 4.21 Å². The molecule has 0 aromatic heterocycles. The highest BCUT2D eigenvalue weighted by atomic mass is 32.9. The molecule has 0 saturated heterocycles. The number of hydrogen-bond donors (Lipinski definition) is 3. The molecule has 0 radical (unpaired) electrons. The summed E-state index contributed by atoms with van der Waals surface area (Å²) in [6.07, 6.45) is 0. The second kappa shape index (κ2) is 5.26. The normalized spacial score (nSPS) is 14.5. The van der Waals surface area contributed by atoms with Crippen LogP contribution in [0.15, 0.2) is 24.3 Å². The maximum absolute atomic E-state index is 10.5. The van der Waals surface area contributed by atoms with Gasteiger partial charge in [0, 0.05) is 29.1 Å². The Morgan fingerprint density at radius 2 is 2.07 bits per heavy atom. The van der Waals surface area contributed by atoms with Crippen molar-refractivity contribution in [3.8, 4) is 0 Å². The fourth-order valence-electron chi connectivity index (χ4n) is 0.943. The van der Waals surface area contributed by atoms with Crippen LogP contribution < -0.4 is 11.1 Å². The summed E-state index contributed by atoms with van der Waals surface area (Å²) in [5.41, 5.74) is 7.05. The van der Waals surface area contributed by atoms with Gasteiger partial charge in [-0.1, -0.05) is 0 Å². The zero-order valence-corrected chi connectivity index (χ0v) is 9.51. The standard InChI is InChI=1S/C8H12N2O3S2/c9-7-1-3-8(4-2-7)10-5-6-13-15(11,12)14/h1-4,10H,5-6,9H2,(H,11,12,14). The van der Waals surface area contributed by atoms with E-state index < -0.39 is 9.05 Å². The van der Waals surface area contributed by atoms with Gasteiger partial charge in [0.25, 0.3) is 9.05 Å². The molecule has 0 fully saturated rings. The zero-order chi connectivity index (χ0) is 11.3. The second-order valence-corrected chi connectivity index (χ2v) is 5.15. The van der Waals surface area contributed by atoms with Crippen molar-refractivity contribution in [2.24, 2.45) is 0 Å². The summed E-state index contributed by atoms with van der Waals surface area (Å²) in [6.45, 7) is 0.474. The summed E-state index contributed by atoms with van der Waals surface area (Å²) < 4.78 is 23.7. The fraction of sp³-hybridized carbons (Fsp3) is 0.250. The maximum Gasteiger partial charge on any atom is 0.266 e. The van der Waals surface area contributed by atoms with Crippen LogP contribution in [0.25, 0.3) is 0 Å². The van der Waals surface area contributed by atoms with Crippen molar-refractivity contribution >= 4 is 31.6 Å². The van der Waals surface area contributed by atoms with Gasteiger partial charge in [0.2, 0.25) is 0 Å². The first-order valence-corrected chi connectivity index (χ1v) is 6.55. The van der Waals surface area contributed by atoms with Crippen molar-refractivity contribution in [3.63, 3.8) is 0 Å². The van der Waals surface area contributed by atoms with Crippen LogP contribution in [0.2, 0.25) is 0 Å². The second-order valence-electron chi connectivity index (χ2n) is 2.80. The minimum atomic E-state index is -3.51. The van der Waals surface area contributed by atoms with E-state index in [4.69, 9.17) is 10.3 Å². The Bertz CT molecular complexity index is 402. The van der Waals surface area contributed by atoms with Gasteiger partial charge in [-0.25, -0.2) is 0 Å². The van der Waals surface area contributed by atoms with Gasteiger partial charge in [0.15, 0.2) is 0 Å². The molecule has 0 spiro atoms. The topological polar surface area (TPSA) is 84.6 Å². The number of anilines is 2. The van der Waals surface area contributed by atoms with E-state index >= 15 is 0 Å². The van der Waals surface area contributed by atoms with Crippen LogP contribution in [0.1, 0.15) is 0 Å². The van der Waals surface area contributed by atoms with Crippen LogP contribution >= 0.6 is 0 Å². The van der Waals surface area contributed by atoms with Crippen LogP contribution in [0, 0.1) is 0 Å². The van der Waals surface area contributed by atoms with Gasteiger partial charge in [0.1, 0.15) is 0 Å². The van der Waals surface area contributed by atoms with Crippen molar-refractivity contribution in [1.82, 2.24) is 0 Å². The number of nitrogens with two attached hydrogens (primary N) is 1. The summed E-state index contributed by atoms with van der Waals surface area (Å²) in [7, 11) is -3.51. The van der Waals surface area contributed by atoms with Gasteiger partial charge in [-0.15, -0.1) is 0 Å². The molecule has 15 heavy (non-hydrogen) atoms. The largest absolute Gasteiger partial charge is 0.399 e. The lowest BCUT2D eigenvalue weighted by Gasteiger charge is -2.06. The van der Waals surface area contributed by atoms with E-state index in [0.29, 0.717) is 12.2 Å². The highest BCUT2D eigenvalue weighted by molar-refractivity contribution is 8.27. The predicted octanol–water partition coefficient (Wildman–Crippen LogP) is 0.832. The fourth-order valence-corrected chi connectivity index (χ4v) is 1.44. The molecule has 5 nitrogen and oxygen atoms in total. The van der Waals surface area contributed by atoms with Gasteiger partial charge in [0.05, 0.1) is 6.61 Å². The average molecular weight is 248 g/mol. The SMILES string of the molecule is Nc1ccc(NCCOS(=O)(O)=S)cc1. The highest BCUT2D eigenvalue weighted by Gasteiger charge is 1.98. The minimum Gasteiger partial charge on any atom is -0.399 e. The van der Waals surface area contributed by atoms with Crippen LogP contribution in [-0.4, -0.2) is 21.9 Å². The summed E-state index contributed by atoms with van der Waals surface area (Å²) >= 11 is 4.15. The van der Waals surface area contributed by atoms with E-state index in [9.17, 15) is 4.21 Å². The number of benzene rings is 1. The lowest BCUT2D eigenvalue weighted by atomic mass is 10.3. The monoisotopic (exact) mass is 248 g/mol. The minimum absolute atomic E-state index is 0.0726. The van der Waals surface area contributed by atoms with Crippen LogP contribution in [0.4, 0.5) is 11.4 Å². The first kappa shape index (κ1) is 12.2. The molecule has 0 aliphatic carbocycles. The molecule has 1 atom stereocenters. The molecule has 0 aliphatic rings. The third-order valence-electron chi connectivity index (χ3n) is 1.57. The molecule has 0 heterocycles. The van der Waals surface area contributed by atoms with E-state index in [1.807, 2.05) is 0 Å². The summed E-state index contributed by atoms with van der Waals surface area (Å²) in [4.78, 5) is 0. The molecule has 0 bridgehead atoms. The third-order valence-corrected chi connectivity index (χ3v) is 2.33. The Morgan fingerprint density at radius 1 is 1.47 bits per heavy atom. The van der Waals surface area contributed by atoms with Gasteiger partial charge >= 0.3 is 0 Å². The van der Waals surface area contributed by atoms with Gasteiger partial charge in [-0.05, 0) is 24.3 Å². The quantitative estimate of drug-likeness (QED) is 0.529. The van der Waals surface area contributed by atoms with Crippen molar-refractivity contribution in [2.45, 2.75) is 0 Å². The highest BCUT2D eigenvalue weighted by Crippen LogP contribution is 2.09. The van der Waals surface area contributed by atoms with Crippen LogP contribution in [0.3, 0.4) is 0 Å². The Labute approximate surface area is 93.3 Å². The maximum atomic E-state index is 10.5. The molecule has 84 valence electrons. The first-order valence-electron chi connectivity index (χ1n) is 4.18. The van der Waals surface area contributed by atoms with Crippen molar-refractivity contribution in [3.05, 3.63) is 24.3 Å². The summed E-state index contributed by atoms with van der Waals surface area (Å²) in [5.74, 6) is 0. The van der Waals surface area contributed by atoms with Crippen molar-refractivity contribution in [1.29, 1.82) is 0 Å². The molecule has 1 aromatic rings. The van der Waals surface area contributed by atoms with Crippen LogP contribution in [0.5, 0.6) is 0 Å². The number of nitrogens with one attached hydrogen (secondary N) is 1. The Morgan fingerprint density at radius 3 is 2.60 bits per heavy atom. The Balaban J connectivity index is 2.29. The molecular formula is C8H12N2O3S2. The molecule has 0 amide bonds. The van der Waals surface area contributed by atoms with Crippen molar-refractivity contribution < 1.29 is 12.9 Å². The van der Waals surface area contributed by atoms with Gasteiger partial charge in [-0.3, -0.25) is 8.74 Å². The predicted molar refractivity (Wildman–Crippen MR) is 63.4 cm³/mol. The smallest absolute Gasteiger partial charge is 0.266 e. The Kier molecular flexibility index (Phi) is 4.28. The lowest BCUT2D eigenvalue weighted by molar-refractivity contribution is 0.317. The molecule has 7 heteroatoms. The molecule has 1 rings (SSSR count). The zero-order valence-electron chi connectivity index (χ0n) is 7.88. The number of rotatable bonds is 5. The molecule has 1 unspecified atom stereocenters. The molecule has 1 aromatic carbocycles. The Hall–Kier alpha value is -0.890. The molecule has 0 saturated carbocycles. The summed E-state index contributed by atoms with van der Waals surface area (Å²) in [6, 6.07) is 7.12. The van der Waals surface area contributed by atoms with E-state index in [-0.39, 0.29) is 6.61 Å². The molecular weight excluding hydrogens is 236 g/mol. The molecule has 4 N–H and O–H groups in total.